The van der Waals surface area contributed by atoms with Gasteiger partial charge in [0.1, 0.15) is 11.0 Å². The standard InChI is InChI=1S/C18H19ClIN3O3/c1-25-14-10-12(13(20)11-15(14)26-2)18(24)23-8-6-22(7-9-23)17-5-3-4-16(19)21-17/h3-5,10-11H,6-9H2,1-2H3. The molecule has 0 aliphatic carbocycles. The van der Waals surface area contributed by atoms with Gasteiger partial charge in [0.25, 0.3) is 5.91 Å². The second-order valence-corrected chi connectivity index (χ2v) is 7.33. The van der Waals surface area contributed by atoms with E-state index in [0.717, 1.165) is 9.39 Å². The van der Waals surface area contributed by atoms with Crippen molar-refractivity contribution < 1.29 is 14.3 Å². The number of hydrogen-bond acceptors (Lipinski definition) is 5. The molecule has 1 aromatic carbocycles. The average Bonchev–Trinajstić information content (AvgIpc) is 2.67. The van der Waals surface area contributed by atoms with Gasteiger partial charge in [-0.2, -0.15) is 0 Å². The average molecular weight is 488 g/mol. The molecule has 8 heteroatoms. The summed E-state index contributed by atoms with van der Waals surface area (Å²) in [4.78, 5) is 21.3. The minimum Gasteiger partial charge on any atom is -0.493 e. The van der Waals surface area contributed by atoms with E-state index < -0.39 is 0 Å². The van der Waals surface area contributed by atoms with Crippen LogP contribution in [0.4, 0.5) is 5.82 Å². The van der Waals surface area contributed by atoms with Crippen molar-refractivity contribution in [1.82, 2.24) is 9.88 Å². The zero-order valence-electron chi connectivity index (χ0n) is 14.5. The van der Waals surface area contributed by atoms with Crippen molar-refractivity contribution >= 4 is 45.9 Å². The molecule has 0 radical (unpaired) electrons. The largest absolute Gasteiger partial charge is 0.493 e. The van der Waals surface area contributed by atoms with E-state index in [1.807, 2.05) is 23.1 Å². The molecule has 26 heavy (non-hydrogen) atoms. The zero-order valence-corrected chi connectivity index (χ0v) is 17.5. The monoisotopic (exact) mass is 487 g/mol. The zero-order chi connectivity index (χ0) is 18.7. The quantitative estimate of drug-likeness (QED) is 0.489. The van der Waals surface area contributed by atoms with E-state index in [9.17, 15) is 4.79 Å². The third-order valence-corrected chi connectivity index (χ3v) is 5.40. The number of halogens is 2. The van der Waals surface area contributed by atoms with Crippen LogP contribution in [0.3, 0.4) is 0 Å². The molecule has 0 atom stereocenters. The van der Waals surface area contributed by atoms with Gasteiger partial charge < -0.3 is 19.3 Å². The molecule has 2 aromatic rings. The van der Waals surface area contributed by atoms with Crippen LogP contribution in [0, 0.1) is 3.57 Å². The maximum atomic E-state index is 13.0. The highest BCUT2D eigenvalue weighted by Crippen LogP contribution is 2.32. The van der Waals surface area contributed by atoms with E-state index in [1.165, 1.54) is 0 Å². The summed E-state index contributed by atoms with van der Waals surface area (Å²) in [5.41, 5.74) is 0.623. The van der Waals surface area contributed by atoms with Gasteiger partial charge in [0.2, 0.25) is 0 Å². The number of amides is 1. The Hall–Kier alpha value is -1.74. The normalized spacial score (nSPS) is 14.3. The number of anilines is 1. The van der Waals surface area contributed by atoms with E-state index in [0.29, 0.717) is 48.4 Å². The van der Waals surface area contributed by atoms with Crippen molar-refractivity contribution in [3.8, 4) is 11.5 Å². The fraction of sp³-hybridized carbons (Fsp3) is 0.333. The summed E-state index contributed by atoms with van der Waals surface area (Å²) >= 11 is 8.12. The molecular formula is C18H19ClIN3O3. The number of methoxy groups -OCH3 is 2. The third-order valence-electron chi connectivity index (χ3n) is 4.29. The van der Waals surface area contributed by atoms with Crippen LogP contribution in [0.1, 0.15) is 10.4 Å². The Morgan fingerprint density at radius 2 is 1.77 bits per heavy atom. The van der Waals surface area contributed by atoms with Crippen molar-refractivity contribution in [2.45, 2.75) is 0 Å². The Balaban J connectivity index is 1.72. The van der Waals surface area contributed by atoms with Crippen LogP contribution in [0.15, 0.2) is 30.3 Å². The summed E-state index contributed by atoms with van der Waals surface area (Å²) in [5.74, 6) is 2.00. The number of hydrogen-bond donors (Lipinski definition) is 0. The highest BCUT2D eigenvalue weighted by atomic mass is 127. The molecule has 1 fully saturated rings. The second kappa shape index (κ2) is 8.30. The Labute approximate surface area is 171 Å². The molecule has 0 bridgehead atoms. The van der Waals surface area contributed by atoms with E-state index in [4.69, 9.17) is 21.1 Å². The lowest BCUT2D eigenvalue weighted by Gasteiger charge is -2.35. The lowest BCUT2D eigenvalue weighted by Crippen LogP contribution is -2.49. The summed E-state index contributed by atoms with van der Waals surface area (Å²) < 4.78 is 11.5. The van der Waals surface area contributed by atoms with Crippen molar-refractivity contribution in [2.75, 3.05) is 45.3 Å². The molecule has 2 heterocycles. The number of benzene rings is 1. The van der Waals surface area contributed by atoms with E-state index in [-0.39, 0.29) is 5.91 Å². The first-order valence-corrected chi connectivity index (χ1v) is 9.57. The summed E-state index contributed by atoms with van der Waals surface area (Å²) in [7, 11) is 3.15. The first kappa shape index (κ1) is 19.0. The van der Waals surface area contributed by atoms with Crippen LogP contribution < -0.4 is 14.4 Å². The summed E-state index contributed by atoms with van der Waals surface area (Å²) in [5, 5.41) is 0.473. The number of pyridine rings is 1. The van der Waals surface area contributed by atoms with Gasteiger partial charge in [-0.3, -0.25) is 4.79 Å². The summed E-state index contributed by atoms with van der Waals surface area (Å²) in [6.45, 7) is 2.67. The van der Waals surface area contributed by atoms with Gasteiger partial charge in [0.15, 0.2) is 11.5 Å². The molecule has 0 N–H and O–H groups in total. The Bertz CT molecular complexity index is 810. The predicted octanol–water partition coefficient (Wildman–Crippen LogP) is 3.32. The van der Waals surface area contributed by atoms with Gasteiger partial charge in [-0.05, 0) is 46.9 Å². The minimum atomic E-state index is -0.00550. The van der Waals surface area contributed by atoms with Gasteiger partial charge in [0.05, 0.1) is 19.8 Å². The molecule has 0 unspecified atom stereocenters. The Kier molecular flexibility index (Phi) is 6.08. The number of nitrogens with zero attached hydrogens (tertiary/aromatic N) is 3. The van der Waals surface area contributed by atoms with Crippen LogP contribution in [-0.2, 0) is 0 Å². The van der Waals surface area contributed by atoms with Crippen LogP contribution in [-0.4, -0.2) is 56.2 Å². The Morgan fingerprint density at radius 3 is 2.38 bits per heavy atom. The lowest BCUT2D eigenvalue weighted by molar-refractivity contribution is 0.0745. The van der Waals surface area contributed by atoms with Crippen LogP contribution in [0.5, 0.6) is 11.5 Å². The molecule has 6 nitrogen and oxygen atoms in total. The molecule has 1 aliphatic heterocycles. The van der Waals surface area contributed by atoms with Crippen molar-refractivity contribution in [2.24, 2.45) is 0 Å². The topological polar surface area (TPSA) is 54.9 Å². The number of ether oxygens (including phenoxy) is 2. The van der Waals surface area contributed by atoms with Crippen molar-refractivity contribution in [3.05, 3.63) is 44.6 Å². The Morgan fingerprint density at radius 1 is 1.12 bits per heavy atom. The van der Waals surface area contributed by atoms with Crippen molar-refractivity contribution in [3.63, 3.8) is 0 Å². The molecule has 1 amide bonds. The first-order chi connectivity index (χ1) is 12.5. The minimum absolute atomic E-state index is 0.00550. The lowest BCUT2D eigenvalue weighted by atomic mass is 10.1. The van der Waals surface area contributed by atoms with Crippen LogP contribution >= 0.6 is 34.2 Å². The van der Waals surface area contributed by atoms with Gasteiger partial charge in [-0.1, -0.05) is 17.7 Å². The van der Waals surface area contributed by atoms with Gasteiger partial charge in [0, 0.05) is 29.7 Å². The van der Waals surface area contributed by atoms with Gasteiger partial charge >= 0.3 is 0 Å². The SMILES string of the molecule is COc1cc(I)c(C(=O)N2CCN(c3cccc(Cl)n3)CC2)cc1OC. The molecular weight excluding hydrogens is 469 g/mol. The molecule has 1 saturated heterocycles. The highest BCUT2D eigenvalue weighted by molar-refractivity contribution is 14.1. The number of aromatic nitrogens is 1. The number of rotatable bonds is 4. The van der Waals surface area contributed by atoms with Gasteiger partial charge in [-0.25, -0.2) is 4.98 Å². The number of carbonyl (C=O) groups is 1. The number of carbonyl (C=O) groups excluding carboxylic acids is 1. The summed E-state index contributed by atoms with van der Waals surface area (Å²) in [6, 6.07) is 9.13. The van der Waals surface area contributed by atoms with Crippen LogP contribution in [0.25, 0.3) is 0 Å². The van der Waals surface area contributed by atoms with Crippen molar-refractivity contribution in [1.29, 1.82) is 0 Å². The molecule has 1 aliphatic rings. The smallest absolute Gasteiger partial charge is 0.255 e. The predicted molar refractivity (Wildman–Crippen MR) is 110 cm³/mol. The van der Waals surface area contributed by atoms with Gasteiger partial charge in [-0.15, -0.1) is 0 Å². The third kappa shape index (κ3) is 3.98. The maximum Gasteiger partial charge on any atom is 0.255 e. The molecule has 3 rings (SSSR count). The van der Waals surface area contributed by atoms with E-state index >= 15 is 0 Å². The first-order valence-electron chi connectivity index (χ1n) is 8.11. The summed E-state index contributed by atoms with van der Waals surface area (Å²) in [6.07, 6.45) is 0. The molecule has 138 valence electrons. The molecule has 1 aromatic heterocycles. The number of piperazine rings is 1. The van der Waals surface area contributed by atoms with Crippen LogP contribution in [0.2, 0.25) is 5.15 Å². The molecule has 0 spiro atoms. The fourth-order valence-electron chi connectivity index (χ4n) is 2.90. The highest BCUT2D eigenvalue weighted by Gasteiger charge is 2.25. The second-order valence-electron chi connectivity index (χ2n) is 5.78. The van der Waals surface area contributed by atoms with E-state index in [1.54, 1.807) is 26.4 Å². The maximum absolute atomic E-state index is 13.0. The fourth-order valence-corrected chi connectivity index (χ4v) is 3.73. The molecule has 0 saturated carbocycles. The van der Waals surface area contributed by atoms with E-state index in [2.05, 4.69) is 32.5 Å².